The van der Waals surface area contributed by atoms with E-state index in [9.17, 15) is 9.90 Å². The van der Waals surface area contributed by atoms with Gasteiger partial charge in [-0.25, -0.2) is 0 Å². The summed E-state index contributed by atoms with van der Waals surface area (Å²) in [6, 6.07) is 0. The van der Waals surface area contributed by atoms with E-state index in [4.69, 9.17) is 14.2 Å². The van der Waals surface area contributed by atoms with Gasteiger partial charge in [0.05, 0.1) is 5.92 Å². The summed E-state index contributed by atoms with van der Waals surface area (Å²) in [6.07, 6.45) is -0.161. The van der Waals surface area contributed by atoms with Crippen LogP contribution >= 0.6 is 0 Å². The molecule has 1 saturated carbocycles. The zero-order valence-electron chi connectivity index (χ0n) is 10.8. The predicted molar refractivity (Wildman–Crippen MR) is 58.8 cm³/mol. The lowest BCUT2D eigenvalue weighted by atomic mass is 9.79. The van der Waals surface area contributed by atoms with Crippen LogP contribution in [0.5, 0.6) is 0 Å². The number of ether oxygens (including phenoxy) is 3. The summed E-state index contributed by atoms with van der Waals surface area (Å²) < 4.78 is 17.3. The van der Waals surface area contributed by atoms with Gasteiger partial charge in [-0.05, 0) is 13.3 Å². The first-order valence-electron chi connectivity index (χ1n) is 6.68. The molecule has 3 aliphatic heterocycles. The van der Waals surface area contributed by atoms with E-state index in [2.05, 4.69) is 0 Å². The molecule has 5 nitrogen and oxygen atoms in total. The number of esters is 1. The van der Waals surface area contributed by atoms with Gasteiger partial charge < -0.3 is 19.3 Å². The maximum absolute atomic E-state index is 12.0. The van der Waals surface area contributed by atoms with E-state index in [0.717, 1.165) is 0 Å². The first kappa shape index (κ1) is 11.2. The highest BCUT2D eigenvalue weighted by Crippen LogP contribution is 2.69. The van der Waals surface area contributed by atoms with E-state index < -0.39 is 17.9 Å². The molecule has 7 atom stereocenters. The molecule has 3 saturated heterocycles. The van der Waals surface area contributed by atoms with E-state index in [1.807, 2.05) is 20.8 Å². The summed E-state index contributed by atoms with van der Waals surface area (Å²) in [6.45, 7) is 5.87. The molecule has 1 N–H and O–H groups in total. The number of hydrogen-bond acceptors (Lipinski definition) is 5. The van der Waals surface area contributed by atoms with Crippen LogP contribution in [-0.4, -0.2) is 28.9 Å². The van der Waals surface area contributed by atoms with Gasteiger partial charge in [0, 0.05) is 23.7 Å². The monoisotopic (exact) mass is 254 g/mol. The van der Waals surface area contributed by atoms with Gasteiger partial charge in [-0.1, -0.05) is 13.8 Å². The van der Waals surface area contributed by atoms with Crippen molar-refractivity contribution in [2.75, 3.05) is 0 Å². The fourth-order valence-corrected chi connectivity index (χ4v) is 4.71. The molecule has 0 aromatic heterocycles. The van der Waals surface area contributed by atoms with Crippen LogP contribution in [0.25, 0.3) is 0 Å². The van der Waals surface area contributed by atoms with Gasteiger partial charge in [0.2, 0.25) is 5.79 Å². The second kappa shape index (κ2) is 2.92. The average molecular weight is 254 g/mol. The molecular formula is C13H18O5. The first-order valence-corrected chi connectivity index (χ1v) is 6.68. The number of rotatable bonds is 1. The summed E-state index contributed by atoms with van der Waals surface area (Å²) in [5.74, 6) is -1.80. The predicted octanol–water partition coefficient (Wildman–Crippen LogP) is 0.859. The van der Waals surface area contributed by atoms with Crippen LogP contribution in [0.15, 0.2) is 0 Å². The van der Waals surface area contributed by atoms with E-state index in [1.54, 1.807) is 0 Å². The molecule has 3 heterocycles. The number of carbonyl (C=O) groups excluding carboxylic acids is 1. The van der Waals surface area contributed by atoms with E-state index in [0.29, 0.717) is 6.42 Å². The molecular weight excluding hydrogens is 236 g/mol. The minimum atomic E-state index is -0.851. The third-order valence-corrected chi connectivity index (χ3v) is 5.33. The van der Waals surface area contributed by atoms with Gasteiger partial charge in [-0.3, -0.25) is 4.79 Å². The maximum atomic E-state index is 12.0. The zero-order valence-corrected chi connectivity index (χ0v) is 10.8. The number of aliphatic hydroxyl groups is 1. The Morgan fingerprint density at radius 2 is 2.11 bits per heavy atom. The molecule has 0 aromatic rings. The Bertz CT molecular complexity index is 435. The fourth-order valence-electron chi connectivity index (χ4n) is 4.71. The SMILES string of the molecule is CC(C)[C@]12OC(=O)[C@H]3C[C@@H]4[C@H]([C@H]31)[C@@](C)(O[C@H]4O)O2. The van der Waals surface area contributed by atoms with E-state index >= 15 is 0 Å². The van der Waals surface area contributed by atoms with Crippen molar-refractivity contribution >= 4 is 5.97 Å². The molecule has 100 valence electrons. The third-order valence-electron chi connectivity index (χ3n) is 5.33. The number of hydrogen-bond donors (Lipinski definition) is 1. The Kier molecular flexibility index (Phi) is 1.81. The van der Waals surface area contributed by atoms with Crippen molar-refractivity contribution in [3.8, 4) is 0 Å². The van der Waals surface area contributed by atoms with Crippen molar-refractivity contribution in [2.45, 2.75) is 45.1 Å². The molecule has 0 amide bonds. The van der Waals surface area contributed by atoms with Crippen molar-refractivity contribution in [3.63, 3.8) is 0 Å². The summed E-state index contributed by atoms with van der Waals surface area (Å²) in [7, 11) is 0. The van der Waals surface area contributed by atoms with Gasteiger partial charge in [-0.2, -0.15) is 0 Å². The zero-order chi connectivity index (χ0) is 12.9. The topological polar surface area (TPSA) is 65.0 Å². The molecule has 0 aromatic carbocycles. The van der Waals surface area contributed by atoms with Crippen LogP contribution < -0.4 is 0 Å². The van der Waals surface area contributed by atoms with Crippen LogP contribution in [0.2, 0.25) is 0 Å². The summed E-state index contributed by atoms with van der Waals surface area (Å²) >= 11 is 0. The van der Waals surface area contributed by atoms with Crippen molar-refractivity contribution < 1.29 is 24.1 Å². The van der Waals surface area contributed by atoms with Gasteiger partial charge in [-0.15, -0.1) is 0 Å². The number of carbonyl (C=O) groups is 1. The Morgan fingerprint density at radius 1 is 1.39 bits per heavy atom. The average Bonchev–Trinajstić information content (AvgIpc) is 2.88. The number of aliphatic hydroxyl groups excluding tert-OH is 1. The molecule has 5 heteroatoms. The molecule has 4 rings (SSSR count). The molecule has 4 fully saturated rings. The highest BCUT2D eigenvalue weighted by molar-refractivity contribution is 5.77. The molecule has 0 spiro atoms. The van der Waals surface area contributed by atoms with Gasteiger partial charge in [0.15, 0.2) is 12.1 Å². The third kappa shape index (κ3) is 0.961. The minimum Gasteiger partial charge on any atom is -0.432 e. The van der Waals surface area contributed by atoms with Crippen LogP contribution in [-0.2, 0) is 19.0 Å². The Morgan fingerprint density at radius 3 is 2.78 bits per heavy atom. The van der Waals surface area contributed by atoms with Crippen LogP contribution in [0, 0.1) is 29.6 Å². The smallest absolute Gasteiger partial charge is 0.312 e. The molecule has 4 aliphatic rings. The molecule has 0 radical (unpaired) electrons. The molecule has 0 bridgehead atoms. The van der Waals surface area contributed by atoms with Crippen molar-refractivity contribution in [1.29, 1.82) is 0 Å². The van der Waals surface area contributed by atoms with Crippen molar-refractivity contribution in [1.82, 2.24) is 0 Å². The second-order valence-corrected chi connectivity index (χ2v) is 6.48. The largest absolute Gasteiger partial charge is 0.432 e. The second-order valence-electron chi connectivity index (χ2n) is 6.48. The summed E-state index contributed by atoms with van der Waals surface area (Å²) in [5.41, 5.74) is 0. The summed E-state index contributed by atoms with van der Waals surface area (Å²) in [4.78, 5) is 12.0. The highest BCUT2D eigenvalue weighted by Gasteiger charge is 2.79. The van der Waals surface area contributed by atoms with Crippen molar-refractivity contribution in [2.24, 2.45) is 29.6 Å². The molecule has 1 aliphatic carbocycles. The van der Waals surface area contributed by atoms with Gasteiger partial charge in [0.1, 0.15) is 0 Å². The van der Waals surface area contributed by atoms with E-state index in [-0.39, 0.29) is 35.6 Å². The van der Waals surface area contributed by atoms with E-state index in [1.165, 1.54) is 0 Å². The van der Waals surface area contributed by atoms with Crippen molar-refractivity contribution in [3.05, 3.63) is 0 Å². The van der Waals surface area contributed by atoms with Crippen LogP contribution in [0.3, 0.4) is 0 Å². The first-order chi connectivity index (χ1) is 8.39. The maximum Gasteiger partial charge on any atom is 0.312 e. The van der Waals surface area contributed by atoms with Gasteiger partial charge >= 0.3 is 5.97 Å². The van der Waals surface area contributed by atoms with Crippen LogP contribution in [0.4, 0.5) is 0 Å². The molecule has 0 unspecified atom stereocenters. The fraction of sp³-hybridized carbons (Fsp3) is 0.923. The normalized spacial score (nSPS) is 60.5. The Balaban J connectivity index is 1.86. The Hall–Kier alpha value is -0.650. The highest BCUT2D eigenvalue weighted by atomic mass is 16.8. The lowest BCUT2D eigenvalue weighted by molar-refractivity contribution is -0.331. The lowest BCUT2D eigenvalue weighted by Crippen LogP contribution is -2.43. The standard InChI is InChI=1S/C13H18O5/c1-5(2)13-9-7(11(15)17-13)4-6-8(9)12(3,18-13)16-10(6)14/h5-10,14H,4H2,1-3H3/t6-,7+,8-,9+,10-,12+,13-/m1/s1. The molecule has 18 heavy (non-hydrogen) atoms. The quantitative estimate of drug-likeness (QED) is 0.703. The minimum absolute atomic E-state index is 0.00141. The van der Waals surface area contributed by atoms with Crippen LogP contribution in [0.1, 0.15) is 27.2 Å². The van der Waals surface area contributed by atoms with Gasteiger partial charge in [0.25, 0.3) is 0 Å². The Labute approximate surface area is 105 Å². The lowest BCUT2D eigenvalue weighted by Gasteiger charge is -2.33. The summed E-state index contributed by atoms with van der Waals surface area (Å²) in [5, 5.41) is 9.97.